The Balaban J connectivity index is 2.26. The van der Waals surface area contributed by atoms with E-state index in [1.54, 1.807) is 29.1 Å². The van der Waals surface area contributed by atoms with Crippen molar-refractivity contribution in [3.63, 3.8) is 0 Å². The molecule has 5 nitrogen and oxygen atoms in total. The molecule has 0 aliphatic carbocycles. The molecule has 0 aliphatic rings. The predicted molar refractivity (Wildman–Crippen MR) is 64.6 cm³/mol. The van der Waals surface area contributed by atoms with E-state index in [4.69, 9.17) is 11.6 Å². The average Bonchev–Trinajstić information content (AvgIpc) is 2.75. The Labute approximate surface area is 108 Å². The molecule has 2 rings (SSSR count). The van der Waals surface area contributed by atoms with Crippen molar-refractivity contribution in [3.05, 3.63) is 30.6 Å². The molecule has 1 amide bonds. The maximum absolute atomic E-state index is 12.6. The number of rotatable bonds is 3. The Hall–Kier alpha value is -1.95. The van der Waals surface area contributed by atoms with Crippen LogP contribution >= 0.6 is 11.6 Å². The highest BCUT2D eigenvalue weighted by atomic mass is 35.5. The zero-order chi connectivity index (χ0) is 13.1. The molecule has 1 atom stereocenters. The summed E-state index contributed by atoms with van der Waals surface area (Å²) in [5.41, 5.74) is -0.773. The van der Waals surface area contributed by atoms with Crippen LogP contribution in [-0.2, 0) is 11.8 Å². The highest BCUT2D eigenvalue weighted by Crippen LogP contribution is 2.18. The Bertz CT molecular complexity index is 570. The second-order valence-electron chi connectivity index (χ2n) is 3.69. The van der Waals surface area contributed by atoms with Crippen molar-refractivity contribution in [1.82, 2.24) is 10.2 Å². The number of aryl methyl sites for hydroxylation is 1. The van der Waals surface area contributed by atoms with Gasteiger partial charge < -0.3 is 5.32 Å². The number of benzene rings is 1. The number of hydrogen-bond acceptors (Lipinski definition) is 2. The molecule has 0 fully saturated rings. The monoisotopic (exact) mass is 269 g/mol. The van der Waals surface area contributed by atoms with Crippen molar-refractivity contribution in [3.8, 4) is 11.4 Å². The third-order valence-electron chi connectivity index (χ3n) is 2.36. The van der Waals surface area contributed by atoms with E-state index in [0.717, 1.165) is 11.4 Å². The van der Waals surface area contributed by atoms with Crippen LogP contribution in [0.4, 0.5) is 10.1 Å². The van der Waals surface area contributed by atoms with E-state index in [2.05, 4.69) is 15.5 Å². The molecular formula is C11H11ClFN4O+. The molecule has 0 saturated heterocycles. The summed E-state index contributed by atoms with van der Waals surface area (Å²) in [5.74, 6) is -0.114. The number of nitrogens with zero attached hydrogens (tertiary/aromatic N) is 2. The summed E-state index contributed by atoms with van der Waals surface area (Å²) in [6, 6.07) is 6.94. The minimum Gasteiger partial charge on any atom is -0.322 e. The van der Waals surface area contributed by atoms with Crippen LogP contribution in [0.1, 0.15) is 0 Å². The highest BCUT2D eigenvalue weighted by molar-refractivity contribution is 6.31. The van der Waals surface area contributed by atoms with E-state index in [1.807, 2.05) is 13.1 Å². The van der Waals surface area contributed by atoms with Gasteiger partial charge >= 0.3 is 0 Å². The Morgan fingerprint density at radius 2 is 2.39 bits per heavy atom. The number of nitrogens with one attached hydrogen (secondary N) is 2. The molecule has 2 N–H and O–H groups in total. The molecule has 1 aromatic heterocycles. The SMILES string of the molecule is C[n+]1cn[nH]c1-c1cccc(NC(=O)C(F)Cl)c1. The first-order chi connectivity index (χ1) is 8.58. The van der Waals surface area contributed by atoms with Crippen LogP contribution in [0.15, 0.2) is 30.6 Å². The van der Waals surface area contributed by atoms with Gasteiger partial charge in [0.1, 0.15) is 0 Å². The lowest BCUT2D eigenvalue weighted by Gasteiger charge is -2.05. The summed E-state index contributed by atoms with van der Waals surface area (Å²) in [5, 5.41) is 9.09. The summed E-state index contributed by atoms with van der Waals surface area (Å²) in [6.45, 7) is 0. The third kappa shape index (κ3) is 2.65. The van der Waals surface area contributed by atoms with Crippen molar-refractivity contribution >= 4 is 23.2 Å². The lowest BCUT2D eigenvalue weighted by atomic mass is 10.2. The number of H-pyrrole nitrogens is 1. The van der Waals surface area contributed by atoms with Gasteiger partial charge in [-0.05, 0) is 18.2 Å². The zero-order valence-corrected chi connectivity index (χ0v) is 10.3. The van der Waals surface area contributed by atoms with Crippen LogP contribution in [-0.4, -0.2) is 21.7 Å². The Morgan fingerprint density at radius 1 is 1.61 bits per heavy atom. The molecule has 0 aliphatic heterocycles. The maximum atomic E-state index is 12.6. The first-order valence-corrected chi connectivity index (χ1v) is 5.60. The molecule has 1 aromatic carbocycles. The van der Waals surface area contributed by atoms with Crippen LogP contribution in [0.5, 0.6) is 0 Å². The molecule has 0 saturated carbocycles. The zero-order valence-electron chi connectivity index (χ0n) is 9.52. The van der Waals surface area contributed by atoms with Crippen molar-refractivity contribution in [2.45, 2.75) is 5.63 Å². The molecule has 0 spiro atoms. The molecule has 0 bridgehead atoms. The van der Waals surface area contributed by atoms with E-state index < -0.39 is 11.5 Å². The second-order valence-corrected chi connectivity index (χ2v) is 4.07. The maximum Gasteiger partial charge on any atom is 0.274 e. The van der Waals surface area contributed by atoms with Crippen LogP contribution in [0.3, 0.4) is 0 Å². The molecular weight excluding hydrogens is 259 g/mol. The third-order valence-corrected chi connectivity index (χ3v) is 2.55. The van der Waals surface area contributed by atoms with E-state index in [0.29, 0.717) is 5.69 Å². The summed E-state index contributed by atoms with van der Waals surface area (Å²) in [4.78, 5) is 11.1. The number of anilines is 1. The fraction of sp³-hybridized carbons (Fsp3) is 0.182. The van der Waals surface area contributed by atoms with Crippen LogP contribution in [0, 0.1) is 0 Å². The van der Waals surface area contributed by atoms with Gasteiger partial charge in [0.15, 0.2) is 0 Å². The number of carbonyl (C=O) groups is 1. The first-order valence-electron chi connectivity index (χ1n) is 5.16. The van der Waals surface area contributed by atoms with Gasteiger partial charge in [-0.2, -0.15) is 0 Å². The molecule has 94 valence electrons. The summed E-state index contributed by atoms with van der Waals surface area (Å²) >= 11 is 5.04. The summed E-state index contributed by atoms with van der Waals surface area (Å²) < 4.78 is 14.3. The van der Waals surface area contributed by atoms with E-state index in [9.17, 15) is 9.18 Å². The van der Waals surface area contributed by atoms with Gasteiger partial charge in [0.2, 0.25) is 0 Å². The number of aromatic nitrogens is 3. The topological polar surface area (TPSA) is 61.7 Å². The number of aromatic amines is 1. The van der Waals surface area contributed by atoms with Gasteiger partial charge in [-0.25, -0.2) is 8.96 Å². The lowest BCUT2D eigenvalue weighted by Crippen LogP contribution is -2.27. The smallest absolute Gasteiger partial charge is 0.274 e. The minimum atomic E-state index is -2.06. The number of amides is 1. The van der Waals surface area contributed by atoms with Crippen molar-refractivity contribution in [2.75, 3.05) is 5.32 Å². The van der Waals surface area contributed by atoms with Crippen molar-refractivity contribution in [1.29, 1.82) is 0 Å². The number of carbonyl (C=O) groups excluding carboxylic acids is 1. The van der Waals surface area contributed by atoms with Gasteiger partial charge in [-0.3, -0.25) is 4.79 Å². The van der Waals surface area contributed by atoms with E-state index in [1.165, 1.54) is 0 Å². The summed E-state index contributed by atoms with van der Waals surface area (Å²) in [6.07, 6.45) is 1.62. The molecule has 7 heteroatoms. The van der Waals surface area contributed by atoms with Crippen LogP contribution in [0.25, 0.3) is 11.4 Å². The average molecular weight is 270 g/mol. The molecule has 18 heavy (non-hydrogen) atoms. The van der Waals surface area contributed by atoms with Gasteiger partial charge in [0, 0.05) is 10.8 Å². The van der Waals surface area contributed by atoms with Crippen LogP contribution in [0.2, 0.25) is 0 Å². The van der Waals surface area contributed by atoms with E-state index in [-0.39, 0.29) is 0 Å². The normalized spacial score (nSPS) is 12.2. The van der Waals surface area contributed by atoms with Crippen LogP contribution < -0.4 is 9.88 Å². The second kappa shape index (κ2) is 5.14. The fourth-order valence-electron chi connectivity index (χ4n) is 1.52. The van der Waals surface area contributed by atoms with Crippen molar-refractivity contribution in [2.24, 2.45) is 7.05 Å². The van der Waals surface area contributed by atoms with Crippen molar-refractivity contribution < 1.29 is 13.8 Å². The molecule has 1 unspecified atom stereocenters. The Morgan fingerprint density at radius 3 is 3.00 bits per heavy atom. The molecule has 1 heterocycles. The van der Waals surface area contributed by atoms with Gasteiger partial charge in [0.05, 0.1) is 12.6 Å². The predicted octanol–water partition coefficient (Wildman–Crippen LogP) is 1.37. The Kier molecular flexibility index (Phi) is 3.57. The lowest BCUT2D eigenvalue weighted by molar-refractivity contribution is -0.660. The highest BCUT2D eigenvalue weighted by Gasteiger charge is 2.15. The number of hydrogen-bond donors (Lipinski definition) is 2. The first kappa shape index (κ1) is 12.5. The van der Waals surface area contributed by atoms with Gasteiger partial charge in [0.25, 0.3) is 23.7 Å². The van der Waals surface area contributed by atoms with E-state index >= 15 is 0 Å². The van der Waals surface area contributed by atoms with Gasteiger partial charge in [-0.1, -0.05) is 17.7 Å². The minimum absolute atomic E-state index is 0.468. The molecule has 2 aromatic rings. The number of alkyl halides is 2. The fourth-order valence-corrected chi connectivity index (χ4v) is 1.58. The molecule has 0 radical (unpaired) electrons. The standard InChI is InChI=1S/C11H10ClFN4O/c1-17-6-14-16-10(17)7-3-2-4-8(5-7)15-11(18)9(12)13/h2-6,9H,1H3,(H,15,18)/p+1. The summed E-state index contributed by atoms with van der Waals surface area (Å²) in [7, 11) is 1.83. The number of halogens is 2. The quantitative estimate of drug-likeness (QED) is 0.653. The van der Waals surface area contributed by atoms with Gasteiger partial charge in [-0.15, -0.1) is 5.10 Å². The largest absolute Gasteiger partial charge is 0.322 e.